The molecule has 0 atom stereocenters. The number of hydrogen-bond acceptors (Lipinski definition) is 5. The highest BCUT2D eigenvalue weighted by molar-refractivity contribution is 7.15. The number of anilines is 2. The van der Waals surface area contributed by atoms with E-state index in [-0.39, 0.29) is 0 Å². The second-order valence-electron chi connectivity index (χ2n) is 5.60. The maximum absolute atomic E-state index is 12.0. The number of aryl methyl sites for hydroxylation is 2. The topological polar surface area (TPSA) is 76.1 Å². The minimum atomic E-state index is -0.411. The second-order valence-corrected chi connectivity index (χ2v) is 7.10. The summed E-state index contributed by atoms with van der Waals surface area (Å²) in [7, 11) is 0. The molecule has 134 valence electrons. The molecule has 2 N–H and O–H groups in total. The third-order valence-corrected chi connectivity index (χ3v) is 4.57. The number of amides is 2. The second kappa shape index (κ2) is 8.16. The van der Waals surface area contributed by atoms with Gasteiger partial charge in [0.1, 0.15) is 12.4 Å². The zero-order chi connectivity index (χ0) is 18.5. The summed E-state index contributed by atoms with van der Waals surface area (Å²) in [6.45, 7) is 4.28. The van der Waals surface area contributed by atoms with Crippen LogP contribution in [0.25, 0.3) is 0 Å². The van der Waals surface area contributed by atoms with Crippen molar-refractivity contribution in [3.63, 3.8) is 0 Å². The lowest BCUT2D eigenvalue weighted by Gasteiger charge is -2.10. The summed E-state index contributed by atoms with van der Waals surface area (Å²) in [6, 6.07) is 12.5. The van der Waals surface area contributed by atoms with Gasteiger partial charge in [-0.2, -0.15) is 0 Å². The minimum Gasteiger partial charge on any atom is -0.486 e. The molecule has 0 aliphatic heterocycles. The van der Waals surface area contributed by atoms with Crippen LogP contribution in [0.4, 0.5) is 15.6 Å². The number of carbonyl (C=O) groups excluding carboxylic acids is 1. The molecule has 8 heteroatoms. The van der Waals surface area contributed by atoms with Crippen LogP contribution in [0.2, 0.25) is 5.02 Å². The third-order valence-electron chi connectivity index (χ3n) is 3.52. The number of benzene rings is 2. The van der Waals surface area contributed by atoms with E-state index in [2.05, 4.69) is 20.8 Å². The summed E-state index contributed by atoms with van der Waals surface area (Å²) >= 11 is 7.15. The fraction of sp³-hybridized carbons (Fsp3) is 0.167. The first kappa shape index (κ1) is 18.2. The molecule has 6 nitrogen and oxygen atoms in total. The summed E-state index contributed by atoms with van der Waals surface area (Å²) in [5, 5.41) is 15.0. The summed E-state index contributed by atoms with van der Waals surface area (Å²) < 4.78 is 5.85. The van der Waals surface area contributed by atoms with Gasteiger partial charge in [-0.1, -0.05) is 47.2 Å². The van der Waals surface area contributed by atoms with Gasteiger partial charge in [0, 0.05) is 10.7 Å². The summed E-state index contributed by atoms with van der Waals surface area (Å²) in [5.41, 5.74) is 2.72. The van der Waals surface area contributed by atoms with Crippen LogP contribution in [0, 0.1) is 13.8 Å². The largest absolute Gasteiger partial charge is 0.486 e. The number of nitrogens with zero attached hydrogens (tertiary/aromatic N) is 2. The molecule has 0 bridgehead atoms. The van der Waals surface area contributed by atoms with E-state index in [4.69, 9.17) is 16.3 Å². The molecule has 3 aromatic rings. The molecule has 0 unspecified atom stereocenters. The van der Waals surface area contributed by atoms with E-state index < -0.39 is 6.03 Å². The van der Waals surface area contributed by atoms with Gasteiger partial charge >= 0.3 is 6.03 Å². The normalized spacial score (nSPS) is 10.4. The molecule has 1 aromatic heterocycles. The lowest BCUT2D eigenvalue weighted by atomic mass is 10.1. The van der Waals surface area contributed by atoms with Crippen molar-refractivity contribution in [2.45, 2.75) is 20.5 Å². The highest BCUT2D eigenvalue weighted by Crippen LogP contribution is 2.25. The number of rotatable bonds is 5. The monoisotopic (exact) mass is 388 g/mol. The number of ether oxygens (including phenoxy) is 1. The highest BCUT2D eigenvalue weighted by Gasteiger charge is 2.10. The lowest BCUT2D eigenvalue weighted by molar-refractivity contribution is 0.262. The van der Waals surface area contributed by atoms with Crippen LogP contribution in [0.5, 0.6) is 5.75 Å². The molecule has 0 aliphatic rings. The van der Waals surface area contributed by atoms with Gasteiger partial charge in [-0.25, -0.2) is 4.79 Å². The van der Waals surface area contributed by atoms with Crippen LogP contribution in [-0.4, -0.2) is 16.2 Å². The molecule has 2 amide bonds. The molecule has 0 aliphatic carbocycles. The summed E-state index contributed by atoms with van der Waals surface area (Å²) in [6.07, 6.45) is 0. The number of carbonyl (C=O) groups is 1. The van der Waals surface area contributed by atoms with Crippen LogP contribution in [0.1, 0.15) is 16.1 Å². The van der Waals surface area contributed by atoms with Crippen LogP contribution < -0.4 is 15.4 Å². The fourth-order valence-electron chi connectivity index (χ4n) is 2.35. The quantitative estimate of drug-likeness (QED) is 0.642. The Kier molecular flexibility index (Phi) is 5.70. The Bertz CT molecular complexity index is 909. The Balaban J connectivity index is 1.57. The first-order valence-electron chi connectivity index (χ1n) is 7.86. The maximum Gasteiger partial charge on any atom is 0.325 e. The first-order chi connectivity index (χ1) is 12.5. The predicted octanol–water partition coefficient (Wildman–Crippen LogP) is 5.03. The zero-order valence-corrected chi connectivity index (χ0v) is 15.8. The molecule has 3 rings (SSSR count). The molecule has 0 fully saturated rings. The Morgan fingerprint density at radius 1 is 1.12 bits per heavy atom. The molecule has 1 heterocycles. The van der Waals surface area contributed by atoms with Crippen molar-refractivity contribution in [3.05, 3.63) is 63.6 Å². The fourth-order valence-corrected chi connectivity index (χ4v) is 3.19. The van der Waals surface area contributed by atoms with Gasteiger partial charge in [-0.3, -0.25) is 5.32 Å². The van der Waals surface area contributed by atoms with Crippen molar-refractivity contribution in [2.24, 2.45) is 0 Å². The Labute approximate surface area is 160 Å². The highest BCUT2D eigenvalue weighted by atomic mass is 35.5. The van der Waals surface area contributed by atoms with E-state index in [1.165, 1.54) is 11.3 Å². The first-order valence-corrected chi connectivity index (χ1v) is 9.05. The van der Waals surface area contributed by atoms with Gasteiger partial charge in [0.05, 0.1) is 0 Å². The van der Waals surface area contributed by atoms with E-state index in [1.54, 1.807) is 24.3 Å². The van der Waals surface area contributed by atoms with Gasteiger partial charge in [0.25, 0.3) is 0 Å². The van der Waals surface area contributed by atoms with Crippen molar-refractivity contribution in [2.75, 3.05) is 10.6 Å². The Morgan fingerprint density at radius 3 is 2.58 bits per heavy atom. The van der Waals surface area contributed by atoms with Gasteiger partial charge in [-0.15, -0.1) is 10.2 Å². The van der Waals surface area contributed by atoms with Gasteiger partial charge in [0.2, 0.25) is 5.13 Å². The van der Waals surface area contributed by atoms with Gasteiger partial charge < -0.3 is 10.1 Å². The minimum absolute atomic E-state index is 0.293. The SMILES string of the molecule is Cc1cccc(C)c1OCc1nnc(NC(=O)Nc2cccc(Cl)c2)s1. The molecule has 26 heavy (non-hydrogen) atoms. The number of urea groups is 1. The number of hydrogen-bond donors (Lipinski definition) is 2. The molecular weight excluding hydrogens is 372 g/mol. The molecule has 0 saturated heterocycles. The van der Waals surface area contributed by atoms with E-state index in [9.17, 15) is 4.79 Å². The standard InChI is InChI=1S/C18H17ClN4O2S/c1-11-5-3-6-12(2)16(11)25-10-15-22-23-18(26-15)21-17(24)20-14-8-4-7-13(19)9-14/h3-9H,10H2,1-2H3,(H2,20,21,23,24). The van der Waals surface area contributed by atoms with Crippen molar-refractivity contribution >= 4 is 39.8 Å². The van der Waals surface area contributed by atoms with E-state index in [1.807, 2.05) is 32.0 Å². The maximum atomic E-state index is 12.0. The smallest absolute Gasteiger partial charge is 0.325 e. The molecule has 2 aromatic carbocycles. The van der Waals surface area contributed by atoms with Crippen molar-refractivity contribution in [3.8, 4) is 5.75 Å². The third kappa shape index (κ3) is 4.71. The van der Waals surface area contributed by atoms with Crippen LogP contribution in [-0.2, 0) is 6.61 Å². The van der Waals surface area contributed by atoms with Gasteiger partial charge in [0.15, 0.2) is 5.01 Å². The van der Waals surface area contributed by atoms with E-state index >= 15 is 0 Å². The Morgan fingerprint density at radius 2 is 1.85 bits per heavy atom. The molecule has 0 saturated carbocycles. The zero-order valence-electron chi connectivity index (χ0n) is 14.2. The van der Waals surface area contributed by atoms with Crippen molar-refractivity contribution in [1.29, 1.82) is 0 Å². The molecular formula is C18H17ClN4O2S. The molecule has 0 spiro atoms. The van der Waals surface area contributed by atoms with E-state index in [0.717, 1.165) is 16.9 Å². The number of nitrogens with one attached hydrogen (secondary N) is 2. The average Bonchev–Trinajstić information content (AvgIpc) is 3.01. The summed E-state index contributed by atoms with van der Waals surface area (Å²) in [5.74, 6) is 0.843. The average molecular weight is 389 g/mol. The van der Waals surface area contributed by atoms with Crippen molar-refractivity contribution < 1.29 is 9.53 Å². The van der Waals surface area contributed by atoms with Crippen molar-refractivity contribution in [1.82, 2.24) is 10.2 Å². The number of aromatic nitrogens is 2. The predicted molar refractivity (Wildman–Crippen MR) is 104 cm³/mol. The van der Waals surface area contributed by atoms with Gasteiger partial charge in [-0.05, 0) is 43.2 Å². The van der Waals surface area contributed by atoms with Crippen LogP contribution in [0.15, 0.2) is 42.5 Å². The van der Waals surface area contributed by atoms with Crippen LogP contribution >= 0.6 is 22.9 Å². The summed E-state index contributed by atoms with van der Waals surface area (Å²) in [4.78, 5) is 12.0. The lowest BCUT2D eigenvalue weighted by Crippen LogP contribution is -2.19. The van der Waals surface area contributed by atoms with E-state index in [0.29, 0.717) is 27.5 Å². The Hall–Kier alpha value is -2.64. The molecule has 0 radical (unpaired) electrons. The number of para-hydroxylation sites is 1. The van der Waals surface area contributed by atoms with Crippen LogP contribution in [0.3, 0.4) is 0 Å². The number of halogens is 1.